The molecule has 2 heterocycles. The molecule has 0 aliphatic heterocycles. The van der Waals surface area contributed by atoms with Crippen molar-refractivity contribution < 1.29 is 4.42 Å². The van der Waals surface area contributed by atoms with Crippen LogP contribution < -0.4 is 5.32 Å². The fourth-order valence-electron chi connectivity index (χ4n) is 2.45. The maximum absolute atomic E-state index is 5.64. The number of benzene rings is 1. The van der Waals surface area contributed by atoms with Crippen LogP contribution in [0.3, 0.4) is 0 Å². The highest BCUT2D eigenvalue weighted by molar-refractivity contribution is 5.78. The second kappa shape index (κ2) is 4.80. The molecule has 4 nitrogen and oxygen atoms in total. The highest BCUT2D eigenvalue weighted by Crippen LogP contribution is 2.20. The zero-order chi connectivity index (χ0) is 13.4. The maximum Gasteiger partial charge on any atom is 0.125 e. The van der Waals surface area contributed by atoms with Crippen molar-refractivity contribution in [1.29, 1.82) is 0 Å². The van der Waals surface area contributed by atoms with Crippen LogP contribution in [-0.2, 0) is 13.1 Å². The number of nitrogens with one attached hydrogen (secondary N) is 1. The summed E-state index contributed by atoms with van der Waals surface area (Å²) in [4.78, 5) is 0. The minimum Gasteiger partial charge on any atom is -0.467 e. The van der Waals surface area contributed by atoms with Crippen molar-refractivity contribution in [3.8, 4) is 0 Å². The Bertz CT molecular complexity index is 724. The molecular formula is C16H17N3O. The zero-order valence-electron chi connectivity index (χ0n) is 11.2. The molecule has 2 aromatic heterocycles. The molecule has 20 heavy (non-hydrogen) atoms. The second-order valence-electron chi connectivity index (χ2n) is 5.44. The van der Waals surface area contributed by atoms with Gasteiger partial charge in [-0.15, -0.1) is 0 Å². The number of rotatable bonds is 5. The minimum atomic E-state index is 0.678. The third-order valence-corrected chi connectivity index (χ3v) is 3.74. The van der Waals surface area contributed by atoms with Gasteiger partial charge in [-0.2, -0.15) is 5.10 Å². The SMILES string of the molecule is c1ccc2c(c1)cnn2Cc1cc(CNC2CC2)co1. The monoisotopic (exact) mass is 267 g/mol. The maximum atomic E-state index is 5.64. The number of fused-ring (bicyclic) bond motifs is 1. The first kappa shape index (κ1) is 11.7. The minimum absolute atomic E-state index is 0.678. The van der Waals surface area contributed by atoms with Gasteiger partial charge in [-0.05, 0) is 25.0 Å². The zero-order valence-corrected chi connectivity index (χ0v) is 11.2. The summed E-state index contributed by atoms with van der Waals surface area (Å²) in [6.45, 7) is 1.57. The van der Waals surface area contributed by atoms with Crippen molar-refractivity contribution in [3.05, 3.63) is 54.1 Å². The Kier molecular flexibility index (Phi) is 2.81. The van der Waals surface area contributed by atoms with Crippen molar-refractivity contribution in [3.63, 3.8) is 0 Å². The van der Waals surface area contributed by atoms with Gasteiger partial charge in [-0.3, -0.25) is 4.68 Å². The molecule has 1 saturated carbocycles. The van der Waals surface area contributed by atoms with E-state index in [-0.39, 0.29) is 0 Å². The van der Waals surface area contributed by atoms with E-state index in [1.54, 1.807) is 0 Å². The van der Waals surface area contributed by atoms with Crippen molar-refractivity contribution in [2.75, 3.05) is 0 Å². The van der Waals surface area contributed by atoms with Crippen LogP contribution in [0.4, 0.5) is 0 Å². The van der Waals surface area contributed by atoms with Gasteiger partial charge in [0, 0.05) is 23.5 Å². The fourth-order valence-corrected chi connectivity index (χ4v) is 2.45. The van der Waals surface area contributed by atoms with Gasteiger partial charge in [-0.1, -0.05) is 18.2 Å². The summed E-state index contributed by atoms with van der Waals surface area (Å²) in [6, 6.07) is 11.1. The summed E-state index contributed by atoms with van der Waals surface area (Å²) in [5.41, 5.74) is 2.35. The molecule has 102 valence electrons. The number of nitrogens with zero attached hydrogens (tertiary/aromatic N) is 2. The van der Waals surface area contributed by atoms with Gasteiger partial charge in [0.05, 0.1) is 24.5 Å². The average Bonchev–Trinajstić information content (AvgIpc) is 3.06. The largest absolute Gasteiger partial charge is 0.467 e. The molecule has 0 spiro atoms. The van der Waals surface area contributed by atoms with Crippen LogP contribution in [0.2, 0.25) is 0 Å². The molecule has 0 bridgehead atoms. The van der Waals surface area contributed by atoms with E-state index in [0.717, 1.165) is 29.2 Å². The Balaban J connectivity index is 1.50. The van der Waals surface area contributed by atoms with Crippen LogP contribution in [0, 0.1) is 0 Å². The molecule has 4 heteroatoms. The first-order chi connectivity index (χ1) is 9.88. The van der Waals surface area contributed by atoms with Crippen molar-refractivity contribution in [2.24, 2.45) is 0 Å². The lowest BCUT2D eigenvalue weighted by atomic mass is 10.2. The van der Waals surface area contributed by atoms with E-state index in [1.807, 2.05) is 29.3 Å². The van der Waals surface area contributed by atoms with Gasteiger partial charge < -0.3 is 9.73 Å². The summed E-state index contributed by atoms with van der Waals surface area (Å²) < 4.78 is 7.62. The third-order valence-electron chi connectivity index (χ3n) is 3.74. The summed E-state index contributed by atoms with van der Waals surface area (Å²) in [5, 5.41) is 9.08. The highest BCUT2D eigenvalue weighted by Gasteiger charge is 2.20. The standard InChI is InChI=1S/C16H17N3O/c1-2-4-16-13(3-1)9-18-19(16)10-15-7-12(11-20-15)8-17-14-5-6-14/h1-4,7,9,11,14,17H,5-6,8,10H2. The summed E-state index contributed by atoms with van der Waals surface area (Å²) in [7, 11) is 0. The molecule has 0 saturated heterocycles. The fraction of sp³-hybridized carbons (Fsp3) is 0.312. The van der Waals surface area contributed by atoms with Gasteiger partial charge in [0.15, 0.2) is 0 Å². The molecule has 3 aromatic rings. The van der Waals surface area contributed by atoms with E-state index in [9.17, 15) is 0 Å². The lowest BCUT2D eigenvalue weighted by Crippen LogP contribution is -2.14. The van der Waals surface area contributed by atoms with Crippen LogP contribution in [0.15, 0.2) is 47.2 Å². The first-order valence-electron chi connectivity index (χ1n) is 7.09. The molecule has 0 atom stereocenters. The quantitative estimate of drug-likeness (QED) is 0.773. The van der Waals surface area contributed by atoms with E-state index in [4.69, 9.17) is 4.42 Å². The Morgan fingerprint density at radius 2 is 2.20 bits per heavy atom. The molecular weight excluding hydrogens is 250 g/mol. The Morgan fingerprint density at radius 1 is 1.30 bits per heavy atom. The molecule has 0 radical (unpaired) electrons. The Labute approximate surface area is 117 Å². The normalized spacial score (nSPS) is 15.0. The van der Waals surface area contributed by atoms with Crippen LogP contribution >= 0.6 is 0 Å². The number of hydrogen-bond acceptors (Lipinski definition) is 3. The lowest BCUT2D eigenvalue weighted by Gasteiger charge is -2.00. The number of aromatic nitrogens is 2. The van der Waals surface area contributed by atoms with Crippen LogP contribution in [0.25, 0.3) is 10.9 Å². The van der Waals surface area contributed by atoms with E-state index in [2.05, 4.69) is 28.6 Å². The Hall–Kier alpha value is -2.07. The summed E-state index contributed by atoms with van der Waals surface area (Å²) in [6.07, 6.45) is 6.36. The van der Waals surface area contributed by atoms with Crippen LogP contribution in [0.5, 0.6) is 0 Å². The molecule has 0 unspecified atom stereocenters. The van der Waals surface area contributed by atoms with Crippen molar-refractivity contribution >= 4 is 10.9 Å². The predicted molar refractivity (Wildman–Crippen MR) is 77.4 cm³/mol. The van der Waals surface area contributed by atoms with Crippen molar-refractivity contribution in [2.45, 2.75) is 32.0 Å². The molecule has 1 aromatic carbocycles. The summed E-state index contributed by atoms with van der Waals surface area (Å²) in [5.74, 6) is 0.950. The second-order valence-corrected chi connectivity index (χ2v) is 5.44. The molecule has 1 fully saturated rings. The van der Waals surface area contributed by atoms with Gasteiger partial charge in [0.25, 0.3) is 0 Å². The molecule has 1 N–H and O–H groups in total. The van der Waals surface area contributed by atoms with E-state index in [0.29, 0.717) is 6.54 Å². The molecule has 1 aliphatic rings. The number of hydrogen-bond donors (Lipinski definition) is 1. The van der Waals surface area contributed by atoms with Gasteiger partial charge in [0.1, 0.15) is 5.76 Å². The highest BCUT2D eigenvalue weighted by atomic mass is 16.3. The van der Waals surface area contributed by atoms with Gasteiger partial charge in [-0.25, -0.2) is 0 Å². The van der Waals surface area contributed by atoms with Crippen LogP contribution in [0.1, 0.15) is 24.2 Å². The topological polar surface area (TPSA) is 43.0 Å². The Morgan fingerprint density at radius 3 is 3.10 bits per heavy atom. The number of furan rings is 1. The predicted octanol–water partition coefficient (Wildman–Crippen LogP) is 2.93. The molecule has 0 amide bonds. The van der Waals surface area contributed by atoms with Gasteiger partial charge in [0.2, 0.25) is 0 Å². The summed E-state index contributed by atoms with van der Waals surface area (Å²) >= 11 is 0. The first-order valence-corrected chi connectivity index (χ1v) is 7.09. The van der Waals surface area contributed by atoms with Gasteiger partial charge >= 0.3 is 0 Å². The number of para-hydroxylation sites is 1. The van der Waals surface area contributed by atoms with Crippen molar-refractivity contribution in [1.82, 2.24) is 15.1 Å². The smallest absolute Gasteiger partial charge is 0.125 e. The van der Waals surface area contributed by atoms with Crippen LogP contribution in [-0.4, -0.2) is 15.8 Å². The average molecular weight is 267 g/mol. The van der Waals surface area contributed by atoms with E-state index < -0.39 is 0 Å². The van der Waals surface area contributed by atoms with E-state index >= 15 is 0 Å². The lowest BCUT2D eigenvalue weighted by molar-refractivity contribution is 0.482. The third kappa shape index (κ3) is 2.34. The van der Waals surface area contributed by atoms with E-state index in [1.165, 1.54) is 18.4 Å². The molecule has 4 rings (SSSR count). The molecule has 1 aliphatic carbocycles.